The number of halogens is 4. The van der Waals surface area contributed by atoms with Gasteiger partial charge in [0.05, 0.1) is 5.56 Å². The highest BCUT2D eigenvalue weighted by Gasteiger charge is 2.30. The van der Waals surface area contributed by atoms with Crippen LogP contribution in [0.15, 0.2) is 33.8 Å². The van der Waals surface area contributed by atoms with Gasteiger partial charge >= 0.3 is 6.18 Å². The highest BCUT2D eigenvalue weighted by molar-refractivity contribution is 14.0. The molecule has 10 heteroatoms. The highest BCUT2D eigenvalue weighted by Crippen LogP contribution is 2.31. The van der Waals surface area contributed by atoms with Crippen molar-refractivity contribution in [2.24, 2.45) is 4.99 Å². The Hall–Kier alpha value is -1.85. The Bertz CT molecular complexity index is 764. The summed E-state index contributed by atoms with van der Waals surface area (Å²) < 4.78 is 43.5. The number of aryl methyl sites for hydroxylation is 1. The third-order valence-corrected chi connectivity index (χ3v) is 4.08. The van der Waals surface area contributed by atoms with Crippen LogP contribution in [-0.4, -0.2) is 36.2 Å². The van der Waals surface area contributed by atoms with Crippen LogP contribution in [0.25, 0.3) is 0 Å². The third kappa shape index (κ3) is 7.64. The van der Waals surface area contributed by atoms with Gasteiger partial charge < -0.3 is 15.2 Å². The van der Waals surface area contributed by atoms with Crippen molar-refractivity contribution in [2.75, 3.05) is 20.1 Å². The lowest BCUT2D eigenvalue weighted by Crippen LogP contribution is -2.39. The van der Waals surface area contributed by atoms with Gasteiger partial charge in [0.15, 0.2) is 11.8 Å². The number of hydrogen-bond donors (Lipinski definition) is 2. The zero-order valence-electron chi connectivity index (χ0n) is 16.0. The van der Waals surface area contributed by atoms with Crippen LogP contribution in [0.2, 0.25) is 0 Å². The van der Waals surface area contributed by atoms with Gasteiger partial charge in [-0.3, -0.25) is 4.99 Å². The molecule has 28 heavy (non-hydrogen) atoms. The molecule has 0 aliphatic carbocycles. The smallest absolute Gasteiger partial charge is 0.356 e. The van der Waals surface area contributed by atoms with E-state index in [1.807, 2.05) is 6.92 Å². The van der Waals surface area contributed by atoms with Crippen LogP contribution in [0, 0.1) is 6.92 Å². The van der Waals surface area contributed by atoms with E-state index in [0.29, 0.717) is 49.2 Å². The lowest BCUT2D eigenvalue weighted by molar-refractivity contribution is -0.137. The lowest BCUT2D eigenvalue weighted by Gasteiger charge is -2.16. The first-order chi connectivity index (χ1) is 12.8. The highest BCUT2D eigenvalue weighted by atomic mass is 127. The topological polar surface area (TPSA) is 75.3 Å². The normalized spacial score (nSPS) is 13.0. The van der Waals surface area contributed by atoms with Gasteiger partial charge in [-0.25, -0.2) is 0 Å². The number of guanidine groups is 1. The molecule has 0 amide bonds. The van der Waals surface area contributed by atoms with E-state index < -0.39 is 11.7 Å². The summed E-state index contributed by atoms with van der Waals surface area (Å²) in [5.74, 6) is 1.74. The van der Waals surface area contributed by atoms with Gasteiger partial charge in [-0.1, -0.05) is 30.3 Å². The number of nitrogens with zero attached hydrogens (tertiary/aromatic N) is 3. The van der Waals surface area contributed by atoms with Crippen LogP contribution in [0.1, 0.15) is 42.1 Å². The van der Waals surface area contributed by atoms with Crippen LogP contribution < -0.4 is 10.6 Å². The quantitative estimate of drug-likeness (QED) is 0.335. The number of alkyl halides is 3. The van der Waals surface area contributed by atoms with E-state index >= 15 is 0 Å². The van der Waals surface area contributed by atoms with Crippen molar-refractivity contribution < 1.29 is 17.7 Å². The van der Waals surface area contributed by atoms with E-state index in [0.717, 1.165) is 6.07 Å². The Balaban J connectivity index is 0.00000392. The molecule has 1 heterocycles. The lowest BCUT2D eigenvalue weighted by atomic mass is 9.96. The molecule has 0 aliphatic heterocycles. The second-order valence-corrected chi connectivity index (χ2v) is 6.22. The first-order valence-electron chi connectivity index (χ1n) is 8.70. The fourth-order valence-electron chi connectivity index (χ4n) is 2.55. The number of benzene rings is 1. The third-order valence-electron chi connectivity index (χ3n) is 4.08. The molecule has 2 N–H and O–H groups in total. The monoisotopic (exact) mass is 511 g/mol. The maximum Gasteiger partial charge on any atom is 0.416 e. The summed E-state index contributed by atoms with van der Waals surface area (Å²) in [4.78, 5) is 8.24. The van der Waals surface area contributed by atoms with E-state index in [-0.39, 0.29) is 29.9 Å². The average Bonchev–Trinajstić information content (AvgIpc) is 3.04. The van der Waals surface area contributed by atoms with Crippen LogP contribution in [0.5, 0.6) is 0 Å². The second kappa shape index (κ2) is 11.2. The van der Waals surface area contributed by atoms with Crippen molar-refractivity contribution in [3.05, 3.63) is 47.1 Å². The first-order valence-corrected chi connectivity index (χ1v) is 8.70. The van der Waals surface area contributed by atoms with Gasteiger partial charge in [-0.2, -0.15) is 18.2 Å². The summed E-state index contributed by atoms with van der Waals surface area (Å²) in [5, 5.41) is 10.0. The van der Waals surface area contributed by atoms with Crippen LogP contribution in [-0.2, 0) is 12.6 Å². The zero-order chi connectivity index (χ0) is 19.9. The minimum atomic E-state index is -4.32. The Morgan fingerprint density at radius 3 is 2.57 bits per heavy atom. The molecule has 6 nitrogen and oxygen atoms in total. The van der Waals surface area contributed by atoms with Crippen molar-refractivity contribution in [3.8, 4) is 0 Å². The van der Waals surface area contributed by atoms with Gasteiger partial charge in [-0.15, -0.1) is 24.0 Å². The van der Waals surface area contributed by atoms with E-state index in [1.54, 1.807) is 20.0 Å². The van der Waals surface area contributed by atoms with Crippen molar-refractivity contribution >= 4 is 29.9 Å². The molecule has 0 spiro atoms. The minimum absolute atomic E-state index is 0. The standard InChI is InChI=1S/C18H24F3N5O.HI/c1-12(14-5-4-6-15(11-14)18(19,20)21)7-9-23-17(22-3)24-10-8-16-25-13(2)26-27-16;/h4-6,11-12H,7-10H2,1-3H3,(H2,22,23,24);1H. The van der Waals surface area contributed by atoms with E-state index in [2.05, 4.69) is 25.8 Å². The Labute approximate surface area is 179 Å². The predicted octanol–water partition coefficient (Wildman–Crippen LogP) is 3.92. The molecule has 0 fully saturated rings. The summed E-state index contributed by atoms with van der Waals surface area (Å²) in [6, 6.07) is 5.47. The fraction of sp³-hybridized carbons (Fsp3) is 0.500. The molecular weight excluding hydrogens is 486 g/mol. The molecule has 1 aromatic heterocycles. The SMILES string of the molecule is CN=C(NCCc1nc(C)no1)NCCC(C)c1cccc(C(F)(F)F)c1.I. The largest absolute Gasteiger partial charge is 0.416 e. The van der Waals surface area contributed by atoms with Gasteiger partial charge in [-0.05, 0) is 30.9 Å². The minimum Gasteiger partial charge on any atom is -0.356 e. The molecule has 0 bridgehead atoms. The van der Waals surface area contributed by atoms with E-state index in [4.69, 9.17) is 4.52 Å². The molecule has 0 aliphatic rings. The molecule has 1 atom stereocenters. The summed E-state index contributed by atoms with van der Waals surface area (Å²) in [7, 11) is 1.66. The number of aromatic nitrogens is 2. The van der Waals surface area contributed by atoms with Crippen LogP contribution >= 0.6 is 24.0 Å². The van der Waals surface area contributed by atoms with Crippen molar-refractivity contribution in [3.63, 3.8) is 0 Å². The molecule has 1 aromatic carbocycles. The molecule has 156 valence electrons. The van der Waals surface area contributed by atoms with E-state index in [1.165, 1.54) is 12.1 Å². The molecule has 0 radical (unpaired) electrons. The number of rotatable bonds is 7. The predicted molar refractivity (Wildman–Crippen MR) is 112 cm³/mol. The van der Waals surface area contributed by atoms with Gasteiger partial charge in [0.25, 0.3) is 0 Å². The molecule has 0 saturated heterocycles. The fourth-order valence-corrected chi connectivity index (χ4v) is 2.55. The Morgan fingerprint density at radius 2 is 1.96 bits per heavy atom. The Kier molecular flexibility index (Phi) is 9.70. The molecule has 1 unspecified atom stereocenters. The van der Waals surface area contributed by atoms with Crippen molar-refractivity contribution in [2.45, 2.75) is 38.8 Å². The number of hydrogen-bond acceptors (Lipinski definition) is 4. The molecule has 0 saturated carbocycles. The molecular formula is C18H25F3IN5O. The van der Waals surface area contributed by atoms with Crippen LogP contribution in [0.4, 0.5) is 13.2 Å². The maximum absolute atomic E-state index is 12.8. The molecule has 2 aromatic rings. The zero-order valence-corrected chi connectivity index (χ0v) is 18.3. The van der Waals surface area contributed by atoms with E-state index in [9.17, 15) is 13.2 Å². The summed E-state index contributed by atoms with van der Waals surface area (Å²) in [6.45, 7) is 4.82. The second-order valence-electron chi connectivity index (χ2n) is 6.22. The molecule has 2 rings (SSSR count). The van der Waals surface area contributed by atoms with Gasteiger partial charge in [0, 0.05) is 26.6 Å². The summed E-state index contributed by atoms with van der Waals surface area (Å²) in [6.07, 6.45) is -3.08. The Morgan fingerprint density at radius 1 is 1.25 bits per heavy atom. The van der Waals surface area contributed by atoms with Crippen molar-refractivity contribution in [1.29, 1.82) is 0 Å². The van der Waals surface area contributed by atoms with Crippen molar-refractivity contribution in [1.82, 2.24) is 20.8 Å². The first kappa shape index (κ1) is 24.2. The summed E-state index contributed by atoms with van der Waals surface area (Å²) >= 11 is 0. The van der Waals surface area contributed by atoms with Gasteiger partial charge in [0.2, 0.25) is 5.89 Å². The van der Waals surface area contributed by atoms with Gasteiger partial charge in [0.1, 0.15) is 0 Å². The number of aliphatic imine (C=N–C) groups is 1. The maximum atomic E-state index is 12.8. The average molecular weight is 511 g/mol. The summed E-state index contributed by atoms with van der Waals surface area (Å²) in [5.41, 5.74) is 0.0508. The van der Waals surface area contributed by atoms with Crippen LogP contribution in [0.3, 0.4) is 0 Å². The number of nitrogens with one attached hydrogen (secondary N) is 2.